The Morgan fingerprint density at radius 1 is 1.20 bits per heavy atom. The molecule has 2 saturated carbocycles. The van der Waals surface area contributed by atoms with Crippen LogP contribution in [0.4, 0.5) is 0 Å². The molecule has 0 aliphatic heterocycles. The van der Waals surface area contributed by atoms with Crippen LogP contribution >= 0.6 is 0 Å². The van der Waals surface area contributed by atoms with Crippen molar-refractivity contribution in [2.75, 3.05) is 6.54 Å². The van der Waals surface area contributed by atoms with Crippen molar-refractivity contribution in [3.63, 3.8) is 0 Å². The molecule has 0 saturated heterocycles. The second-order valence-electron chi connectivity index (χ2n) is 4.71. The first-order valence-electron chi connectivity index (χ1n) is 5.92. The largest absolute Gasteiger partial charge is 0.425 e. The van der Waals surface area contributed by atoms with Gasteiger partial charge in [-0.25, -0.2) is 0 Å². The smallest absolute Gasteiger partial charge is 0.220 e. The molecule has 82 valence electrons. The van der Waals surface area contributed by atoms with Gasteiger partial charge in [0.1, 0.15) is 0 Å². The van der Waals surface area contributed by atoms with Gasteiger partial charge in [0.25, 0.3) is 0 Å². The molecule has 0 aromatic carbocycles. The summed E-state index contributed by atoms with van der Waals surface area (Å²) in [6.45, 7) is 0.582. The molecular formula is C11H17N3O. The zero-order valence-electron chi connectivity index (χ0n) is 8.85. The lowest BCUT2D eigenvalue weighted by Gasteiger charge is -2.04. The predicted molar refractivity (Wildman–Crippen MR) is 55.2 cm³/mol. The van der Waals surface area contributed by atoms with Crippen LogP contribution in [0, 0.1) is 11.8 Å². The normalized spacial score (nSPS) is 33.8. The number of nitrogens with two attached hydrogens (primary N) is 1. The summed E-state index contributed by atoms with van der Waals surface area (Å²) < 4.78 is 5.64. The van der Waals surface area contributed by atoms with Crippen molar-refractivity contribution in [2.24, 2.45) is 17.6 Å². The van der Waals surface area contributed by atoms with Crippen LogP contribution in [0.15, 0.2) is 4.42 Å². The van der Waals surface area contributed by atoms with E-state index in [2.05, 4.69) is 10.2 Å². The number of fused-ring (bicyclic) bond motifs is 1. The zero-order valence-corrected chi connectivity index (χ0v) is 8.85. The molecule has 0 amide bonds. The molecule has 2 aliphatic rings. The van der Waals surface area contributed by atoms with E-state index in [4.69, 9.17) is 10.2 Å². The maximum Gasteiger partial charge on any atom is 0.220 e. The molecule has 2 aliphatic carbocycles. The Balaban J connectivity index is 1.71. The summed E-state index contributed by atoms with van der Waals surface area (Å²) in [5.41, 5.74) is 5.45. The van der Waals surface area contributed by atoms with Crippen molar-refractivity contribution in [2.45, 2.75) is 38.0 Å². The number of aromatic nitrogens is 2. The molecule has 4 nitrogen and oxygen atoms in total. The lowest BCUT2D eigenvalue weighted by Crippen LogP contribution is -2.02. The summed E-state index contributed by atoms with van der Waals surface area (Å²) in [7, 11) is 0. The van der Waals surface area contributed by atoms with Gasteiger partial charge in [-0.1, -0.05) is 12.8 Å². The van der Waals surface area contributed by atoms with Gasteiger partial charge in [0, 0.05) is 18.9 Å². The molecule has 15 heavy (non-hydrogen) atoms. The Kier molecular flexibility index (Phi) is 2.24. The predicted octanol–water partition coefficient (Wildman–Crippen LogP) is 1.47. The Bertz CT molecular complexity index is 337. The van der Waals surface area contributed by atoms with Gasteiger partial charge in [0.05, 0.1) is 0 Å². The van der Waals surface area contributed by atoms with Crippen LogP contribution in [0.25, 0.3) is 0 Å². The minimum absolute atomic E-state index is 0.575. The van der Waals surface area contributed by atoms with Gasteiger partial charge in [-0.3, -0.25) is 0 Å². The second-order valence-corrected chi connectivity index (χ2v) is 4.71. The molecule has 1 aromatic rings. The molecule has 4 heteroatoms. The highest BCUT2D eigenvalue weighted by atomic mass is 16.4. The Morgan fingerprint density at radius 2 is 1.93 bits per heavy atom. The maximum atomic E-state index is 5.64. The number of hydrogen-bond acceptors (Lipinski definition) is 4. The first-order valence-corrected chi connectivity index (χ1v) is 5.92. The van der Waals surface area contributed by atoms with Crippen LogP contribution < -0.4 is 5.73 Å². The molecule has 1 heterocycles. The number of hydrogen-bond donors (Lipinski definition) is 1. The van der Waals surface area contributed by atoms with Crippen LogP contribution in [0.1, 0.15) is 43.4 Å². The summed E-state index contributed by atoms with van der Waals surface area (Å²) in [5.74, 6) is 3.83. The third-order valence-electron chi connectivity index (χ3n) is 3.78. The first-order chi connectivity index (χ1) is 7.40. The fraction of sp³-hybridized carbons (Fsp3) is 0.818. The standard InChI is InChI=1S/C11H17N3O/c12-6-5-9-13-14-11(15-9)10-7-3-1-2-4-8(7)10/h7-8,10H,1-6,12H2. The van der Waals surface area contributed by atoms with Gasteiger partial charge in [0.2, 0.25) is 11.8 Å². The monoisotopic (exact) mass is 207 g/mol. The van der Waals surface area contributed by atoms with Crippen molar-refractivity contribution in [3.8, 4) is 0 Å². The van der Waals surface area contributed by atoms with Gasteiger partial charge in [-0.05, 0) is 24.7 Å². The molecular weight excluding hydrogens is 190 g/mol. The van der Waals surface area contributed by atoms with Gasteiger partial charge in [-0.15, -0.1) is 10.2 Å². The third kappa shape index (κ3) is 1.57. The van der Waals surface area contributed by atoms with Crippen molar-refractivity contribution >= 4 is 0 Å². The van der Waals surface area contributed by atoms with E-state index in [-0.39, 0.29) is 0 Å². The molecule has 0 radical (unpaired) electrons. The lowest BCUT2D eigenvalue weighted by molar-refractivity contribution is 0.443. The average molecular weight is 207 g/mol. The van der Waals surface area contributed by atoms with Gasteiger partial charge < -0.3 is 10.2 Å². The summed E-state index contributed by atoms with van der Waals surface area (Å²) in [6.07, 6.45) is 6.16. The Morgan fingerprint density at radius 3 is 2.60 bits per heavy atom. The topological polar surface area (TPSA) is 64.9 Å². The summed E-state index contributed by atoms with van der Waals surface area (Å²) >= 11 is 0. The second kappa shape index (κ2) is 3.59. The van der Waals surface area contributed by atoms with E-state index in [0.29, 0.717) is 24.8 Å². The minimum Gasteiger partial charge on any atom is -0.425 e. The molecule has 0 spiro atoms. The SMILES string of the molecule is NCCc1nnc(C2C3CCCCC32)o1. The van der Waals surface area contributed by atoms with E-state index in [1.54, 1.807) is 0 Å². The number of rotatable bonds is 3. The molecule has 2 N–H and O–H groups in total. The van der Waals surface area contributed by atoms with Crippen molar-refractivity contribution in [1.29, 1.82) is 0 Å². The molecule has 2 atom stereocenters. The zero-order chi connectivity index (χ0) is 10.3. The molecule has 0 bridgehead atoms. The van der Waals surface area contributed by atoms with Crippen LogP contribution in [0.3, 0.4) is 0 Å². The van der Waals surface area contributed by atoms with Crippen molar-refractivity contribution in [3.05, 3.63) is 11.8 Å². The van der Waals surface area contributed by atoms with E-state index >= 15 is 0 Å². The lowest BCUT2D eigenvalue weighted by atomic mass is 10.0. The van der Waals surface area contributed by atoms with E-state index < -0.39 is 0 Å². The highest BCUT2D eigenvalue weighted by Gasteiger charge is 2.54. The van der Waals surface area contributed by atoms with Crippen LogP contribution in [0.5, 0.6) is 0 Å². The average Bonchev–Trinajstić information content (AvgIpc) is 2.82. The summed E-state index contributed by atoms with van der Waals surface area (Å²) in [4.78, 5) is 0. The molecule has 3 rings (SSSR count). The fourth-order valence-corrected chi connectivity index (χ4v) is 2.98. The summed E-state index contributed by atoms with van der Waals surface area (Å²) in [5, 5.41) is 8.18. The Hall–Kier alpha value is -0.900. The molecule has 2 fully saturated rings. The Labute approximate surface area is 89.2 Å². The van der Waals surface area contributed by atoms with Crippen molar-refractivity contribution < 1.29 is 4.42 Å². The van der Waals surface area contributed by atoms with Crippen LogP contribution in [-0.4, -0.2) is 16.7 Å². The fourth-order valence-electron chi connectivity index (χ4n) is 2.98. The molecule has 1 aromatic heterocycles. The van der Waals surface area contributed by atoms with Crippen LogP contribution in [-0.2, 0) is 6.42 Å². The highest BCUT2D eigenvalue weighted by molar-refractivity contribution is 5.14. The van der Waals surface area contributed by atoms with E-state index in [0.717, 1.165) is 17.7 Å². The summed E-state index contributed by atoms with van der Waals surface area (Å²) in [6, 6.07) is 0. The van der Waals surface area contributed by atoms with E-state index in [1.807, 2.05) is 0 Å². The highest BCUT2D eigenvalue weighted by Crippen LogP contribution is 2.60. The maximum absolute atomic E-state index is 5.64. The van der Waals surface area contributed by atoms with Crippen molar-refractivity contribution in [1.82, 2.24) is 10.2 Å². The van der Waals surface area contributed by atoms with E-state index in [1.165, 1.54) is 25.7 Å². The van der Waals surface area contributed by atoms with E-state index in [9.17, 15) is 0 Å². The quantitative estimate of drug-likeness (QED) is 0.815. The minimum atomic E-state index is 0.575. The van der Waals surface area contributed by atoms with Gasteiger partial charge in [0.15, 0.2) is 0 Å². The molecule has 2 unspecified atom stereocenters. The third-order valence-corrected chi connectivity index (χ3v) is 3.78. The number of nitrogens with zero attached hydrogens (tertiary/aromatic N) is 2. The van der Waals surface area contributed by atoms with Gasteiger partial charge >= 0.3 is 0 Å². The first kappa shape index (κ1) is 9.33. The van der Waals surface area contributed by atoms with Gasteiger partial charge in [-0.2, -0.15) is 0 Å². The van der Waals surface area contributed by atoms with Crippen LogP contribution in [0.2, 0.25) is 0 Å².